The largest absolute Gasteiger partial charge is 0.357 e. The fourth-order valence-corrected chi connectivity index (χ4v) is 4.95. The monoisotopic (exact) mass is 434 g/mol. The Kier molecular flexibility index (Phi) is 9.43. The molecule has 2 heterocycles. The van der Waals surface area contributed by atoms with Gasteiger partial charge in [0.25, 0.3) is 0 Å². The SMILES string of the molecule is CCNC(=NCCNC(=O)C1CCCCC1)N1CCN(C(C)C(=O)N2CCCC2)CC1. The van der Waals surface area contributed by atoms with Crippen molar-refractivity contribution in [3.05, 3.63) is 0 Å². The molecule has 1 aliphatic carbocycles. The molecule has 0 radical (unpaired) electrons. The van der Waals surface area contributed by atoms with Gasteiger partial charge >= 0.3 is 0 Å². The summed E-state index contributed by atoms with van der Waals surface area (Å²) >= 11 is 0. The van der Waals surface area contributed by atoms with E-state index in [9.17, 15) is 9.59 Å². The number of nitrogens with one attached hydrogen (secondary N) is 2. The van der Waals surface area contributed by atoms with Gasteiger partial charge in [0.2, 0.25) is 11.8 Å². The van der Waals surface area contributed by atoms with Gasteiger partial charge in [0.15, 0.2) is 5.96 Å². The van der Waals surface area contributed by atoms with Crippen molar-refractivity contribution in [1.29, 1.82) is 0 Å². The van der Waals surface area contributed by atoms with Gasteiger partial charge in [-0.25, -0.2) is 0 Å². The fourth-order valence-electron chi connectivity index (χ4n) is 4.95. The Hall–Kier alpha value is -1.83. The summed E-state index contributed by atoms with van der Waals surface area (Å²) in [6.45, 7) is 11.4. The topological polar surface area (TPSA) is 80.3 Å². The van der Waals surface area contributed by atoms with Gasteiger partial charge in [-0.3, -0.25) is 19.5 Å². The van der Waals surface area contributed by atoms with E-state index in [0.717, 1.165) is 77.5 Å². The third-order valence-electron chi connectivity index (χ3n) is 6.92. The molecule has 0 aromatic rings. The first-order valence-corrected chi connectivity index (χ1v) is 12.4. The number of likely N-dealkylation sites (tertiary alicyclic amines) is 1. The van der Waals surface area contributed by atoms with E-state index in [-0.39, 0.29) is 23.8 Å². The Bertz CT molecular complexity index is 605. The number of carbonyl (C=O) groups is 2. The third-order valence-corrected chi connectivity index (χ3v) is 6.92. The molecule has 8 nitrogen and oxygen atoms in total. The molecule has 0 aromatic heterocycles. The van der Waals surface area contributed by atoms with E-state index in [0.29, 0.717) is 13.1 Å². The van der Waals surface area contributed by atoms with Crippen LogP contribution in [0, 0.1) is 5.92 Å². The molecule has 0 bridgehead atoms. The number of carbonyl (C=O) groups excluding carboxylic acids is 2. The van der Waals surface area contributed by atoms with Crippen molar-refractivity contribution in [3.63, 3.8) is 0 Å². The van der Waals surface area contributed by atoms with Crippen molar-refractivity contribution in [3.8, 4) is 0 Å². The van der Waals surface area contributed by atoms with Crippen molar-refractivity contribution in [2.45, 2.75) is 64.8 Å². The van der Waals surface area contributed by atoms with Crippen LogP contribution >= 0.6 is 0 Å². The van der Waals surface area contributed by atoms with Gasteiger partial charge in [0.1, 0.15) is 0 Å². The second-order valence-corrected chi connectivity index (χ2v) is 9.09. The molecule has 1 atom stereocenters. The number of guanidine groups is 1. The van der Waals surface area contributed by atoms with E-state index in [1.165, 1.54) is 19.3 Å². The normalized spacial score (nSPS) is 22.5. The van der Waals surface area contributed by atoms with Gasteiger partial charge in [0.05, 0.1) is 12.6 Å². The Morgan fingerprint density at radius 3 is 2.23 bits per heavy atom. The average Bonchev–Trinajstić information content (AvgIpc) is 3.36. The number of aliphatic imine (C=N–C) groups is 1. The summed E-state index contributed by atoms with van der Waals surface area (Å²) in [5.41, 5.74) is 0. The molecule has 1 saturated carbocycles. The lowest BCUT2D eigenvalue weighted by Gasteiger charge is -2.39. The number of hydrogen-bond acceptors (Lipinski definition) is 4. The molecule has 3 rings (SSSR count). The maximum atomic E-state index is 12.7. The Balaban J connectivity index is 1.42. The van der Waals surface area contributed by atoms with Crippen molar-refractivity contribution in [2.24, 2.45) is 10.9 Å². The first kappa shape index (κ1) is 23.8. The summed E-state index contributed by atoms with van der Waals surface area (Å²) in [7, 11) is 0. The molecule has 2 amide bonds. The summed E-state index contributed by atoms with van der Waals surface area (Å²) in [5, 5.41) is 6.46. The molecule has 8 heteroatoms. The van der Waals surface area contributed by atoms with Crippen LogP contribution in [0.3, 0.4) is 0 Å². The van der Waals surface area contributed by atoms with Gasteiger partial charge in [0, 0.05) is 58.3 Å². The molecule has 3 fully saturated rings. The lowest BCUT2D eigenvalue weighted by atomic mass is 9.89. The average molecular weight is 435 g/mol. The van der Waals surface area contributed by atoms with Crippen LogP contribution in [-0.4, -0.2) is 97.4 Å². The Morgan fingerprint density at radius 2 is 1.58 bits per heavy atom. The number of nitrogens with zero attached hydrogens (tertiary/aromatic N) is 4. The molecule has 3 aliphatic rings. The minimum atomic E-state index is -0.0465. The second-order valence-electron chi connectivity index (χ2n) is 9.09. The zero-order valence-electron chi connectivity index (χ0n) is 19.6. The fraction of sp³-hybridized carbons (Fsp3) is 0.870. The van der Waals surface area contributed by atoms with E-state index in [2.05, 4.69) is 27.4 Å². The predicted octanol–water partition coefficient (Wildman–Crippen LogP) is 1.28. The van der Waals surface area contributed by atoms with Gasteiger partial charge in [-0.05, 0) is 39.5 Å². The molecule has 2 aliphatic heterocycles. The molecular formula is C23H42N6O2. The molecule has 0 spiro atoms. The molecule has 0 aromatic carbocycles. The molecule has 2 saturated heterocycles. The van der Waals surface area contributed by atoms with Crippen molar-refractivity contribution >= 4 is 17.8 Å². The Morgan fingerprint density at radius 1 is 0.903 bits per heavy atom. The maximum absolute atomic E-state index is 12.7. The van der Waals surface area contributed by atoms with Crippen LogP contribution in [-0.2, 0) is 9.59 Å². The number of amides is 2. The van der Waals surface area contributed by atoms with Crippen LogP contribution in [0.1, 0.15) is 58.8 Å². The van der Waals surface area contributed by atoms with Crippen LogP contribution in [0.4, 0.5) is 0 Å². The summed E-state index contributed by atoms with van der Waals surface area (Å²) in [4.78, 5) is 36.3. The Labute approximate surface area is 187 Å². The molecule has 1 unspecified atom stereocenters. The van der Waals surface area contributed by atoms with Gasteiger partial charge in [-0.15, -0.1) is 0 Å². The van der Waals surface area contributed by atoms with E-state index >= 15 is 0 Å². The summed E-state index contributed by atoms with van der Waals surface area (Å²) < 4.78 is 0. The van der Waals surface area contributed by atoms with E-state index < -0.39 is 0 Å². The van der Waals surface area contributed by atoms with Crippen LogP contribution < -0.4 is 10.6 Å². The first-order valence-electron chi connectivity index (χ1n) is 12.4. The lowest BCUT2D eigenvalue weighted by Crippen LogP contribution is -2.57. The van der Waals surface area contributed by atoms with E-state index in [1.807, 2.05) is 11.8 Å². The molecule has 2 N–H and O–H groups in total. The summed E-state index contributed by atoms with van der Waals surface area (Å²) in [5.74, 6) is 1.59. The zero-order valence-corrected chi connectivity index (χ0v) is 19.6. The molecular weight excluding hydrogens is 392 g/mol. The number of hydrogen-bond donors (Lipinski definition) is 2. The zero-order chi connectivity index (χ0) is 22.1. The molecule has 31 heavy (non-hydrogen) atoms. The van der Waals surface area contributed by atoms with Gasteiger partial charge < -0.3 is 20.4 Å². The van der Waals surface area contributed by atoms with Crippen LogP contribution in [0.25, 0.3) is 0 Å². The highest BCUT2D eigenvalue weighted by molar-refractivity contribution is 5.82. The van der Waals surface area contributed by atoms with E-state index in [4.69, 9.17) is 4.99 Å². The van der Waals surface area contributed by atoms with Crippen molar-refractivity contribution in [1.82, 2.24) is 25.3 Å². The quantitative estimate of drug-likeness (QED) is 0.358. The standard InChI is InChI=1S/C23H42N6O2/c1-3-24-23(26-12-11-25-21(30)20-9-5-4-6-10-20)29-17-15-27(16-18-29)19(2)22(31)28-13-7-8-14-28/h19-20H,3-18H2,1-2H3,(H,24,26)(H,25,30). The van der Waals surface area contributed by atoms with Crippen molar-refractivity contribution in [2.75, 3.05) is 58.9 Å². The van der Waals surface area contributed by atoms with Gasteiger partial charge in [-0.2, -0.15) is 0 Å². The first-order chi connectivity index (χ1) is 15.1. The maximum Gasteiger partial charge on any atom is 0.239 e. The van der Waals surface area contributed by atoms with E-state index in [1.54, 1.807) is 0 Å². The molecule has 176 valence electrons. The highest BCUT2D eigenvalue weighted by Gasteiger charge is 2.30. The third kappa shape index (κ3) is 6.82. The van der Waals surface area contributed by atoms with Gasteiger partial charge in [-0.1, -0.05) is 19.3 Å². The highest BCUT2D eigenvalue weighted by Crippen LogP contribution is 2.23. The van der Waals surface area contributed by atoms with Crippen LogP contribution in [0.15, 0.2) is 4.99 Å². The number of piperazine rings is 1. The number of rotatable bonds is 7. The smallest absolute Gasteiger partial charge is 0.239 e. The minimum Gasteiger partial charge on any atom is -0.357 e. The second kappa shape index (κ2) is 12.3. The predicted molar refractivity (Wildman–Crippen MR) is 124 cm³/mol. The summed E-state index contributed by atoms with van der Waals surface area (Å²) in [6.07, 6.45) is 7.94. The minimum absolute atomic E-state index is 0.0465. The summed E-state index contributed by atoms with van der Waals surface area (Å²) in [6, 6.07) is -0.0465. The van der Waals surface area contributed by atoms with Crippen LogP contribution in [0.5, 0.6) is 0 Å². The lowest BCUT2D eigenvalue weighted by molar-refractivity contribution is -0.135. The van der Waals surface area contributed by atoms with Crippen molar-refractivity contribution < 1.29 is 9.59 Å². The highest BCUT2D eigenvalue weighted by atomic mass is 16.2. The van der Waals surface area contributed by atoms with Crippen LogP contribution in [0.2, 0.25) is 0 Å².